The number of nitrogens with one attached hydrogen (secondary N) is 1. The van der Waals surface area contributed by atoms with E-state index in [1.54, 1.807) is 23.1 Å². The first-order valence-electron chi connectivity index (χ1n) is 5.86. The van der Waals surface area contributed by atoms with Crippen LogP contribution in [0.4, 0.5) is 0 Å². The summed E-state index contributed by atoms with van der Waals surface area (Å²) in [6.45, 7) is 8.43. The Kier molecular flexibility index (Phi) is 6.35. The molecule has 3 N–H and O–H groups in total. The molecule has 6 heteroatoms. The first kappa shape index (κ1) is 16.9. The second kappa shape index (κ2) is 6.75. The number of carbonyl (C=O) groups excluding carboxylic acids is 1. The number of carbonyl (C=O) groups is 1. The van der Waals surface area contributed by atoms with E-state index in [4.69, 9.17) is 5.73 Å². The second-order valence-corrected chi connectivity index (χ2v) is 5.32. The van der Waals surface area contributed by atoms with Crippen LogP contribution >= 0.6 is 12.4 Å². The molecule has 5 nitrogen and oxygen atoms in total. The van der Waals surface area contributed by atoms with Crippen LogP contribution in [0.5, 0.6) is 0 Å². The number of nitrogens with two attached hydrogens (primary N) is 1. The Morgan fingerprint density at radius 1 is 1.50 bits per heavy atom. The van der Waals surface area contributed by atoms with Crippen LogP contribution < -0.4 is 11.1 Å². The summed E-state index contributed by atoms with van der Waals surface area (Å²) in [4.78, 5) is 12.0. The van der Waals surface area contributed by atoms with Crippen LogP contribution in [-0.2, 0) is 4.79 Å². The highest BCUT2D eigenvalue weighted by Gasteiger charge is 2.27. The van der Waals surface area contributed by atoms with Crippen molar-refractivity contribution in [3.8, 4) is 0 Å². The minimum Gasteiger partial charge on any atom is -0.350 e. The maximum atomic E-state index is 12.0. The lowest BCUT2D eigenvalue weighted by molar-refractivity contribution is -0.125. The third-order valence-corrected chi connectivity index (χ3v) is 2.90. The van der Waals surface area contributed by atoms with Crippen LogP contribution in [0.15, 0.2) is 18.5 Å². The molecule has 1 aromatic heterocycles. The number of nitrogens with zero attached hydrogens (tertiary/aromatic N) is 2. The van der Waals surface area contributed by atoms with E-state index >= 15 is 0 Å². The van der Waals surface area contributed by atoms with Crippen molar-refractivity contribution >= 4 is 18.3 Å². The van der Waals surface area contributed by atoms with Gasteiger partial charge in [0.25, 0.3) is 0 Å². The summed E-state index contributed by atoms with van der Waals surface area (Å²) in [7, 11) is 0. The van der Waals surface area contributed by atoms with E-state index in [-0.39, 0.29) is 35.8 Å². The van der Waals surface area contributed by atoms with E-state index in [9.17, 15) is 4.79 Å². The molecule has 0 aliphatic heterocycles. The van der Waals surface area contributed by atoms with Crippen molar-refractivity contribution in [1.29, 1.82) is 0 Å². The molecule has 0 spiro atoms. The van der Waals surface area contributed by atoms with Gasteiger partial charge >= 0.3 is 0 Å². The van der Waals surface area contributed by atoms with Gasteiger partial charge in [0, 0.05) is 25.0 Å². The molecule has 104 valence electrons. The highest BCUT2D eigenvalue weighted by Crippen LogP contribution is 2.19. The zero-order chi connectivity index (χ0) is 13.1. The Morgan fingerprint density at radius 3 is 2.50 bits per heavy atom. The lowest BCUT2D eigenvalue weighted by Gasteiger charge is -2.31. The molecule has 0 fully saturated rings. The zero-order valence-corrected chi connectivity index (χ0v) is 12.2. The summed E-state index contributed by atoms with van der Waals surface area (Å²) in [6, 6.07) is 1.45. The molecule has 2 unspecified atom stereocenters. The highest BCUT2D eigenvalue weighted by molar-refractivity contribution is 5.85. The van der Waals surface area contributed by atoms with Crippen LogP contribution in [0.2, 0.25) is 0 Å². The predicted octanol–water partition coefficient (Wildman–Crippen LogP) is 1.36. The summed E-state index contributed by atoms with van der Waals surface area (Å²) < 4.78 is 1.63. The predicted molar refractivity (Wildman–Crippen MR) is 74.6 cm³/mol. The number of hydrogen-bond acceptors (Lipinski definition) is 3. The number of hydrogen-bond donors (Lipinski definition) is 2. The largest absolute Gasteiger partial charge is 0.350 e. The summed E-state index contributed by atoms with van der Waals surface area (Å²) in [6.07, 6.45) is 3.44. The molecule has 0 saturated carbocycles. The summed E-state index contributed by atoms with van der Waals surface area (Å²) in [5.74, 6) is -0.0564. The third kappa shape index (κ3) is 4.31. The van der Waals surface area contributed by atoms with Crippen molar-refractivity contribution in [3.63, 3.8) is 0 Å². The van der Waals surface area contributed by atoms with Gasteiger partial charge in [0.2, 0.25) is 5.91 Å². The highest BCUT2D eigenvalue weighted by atomic mass is 35.5. The first-order valence-corrected chi connectivity index (χ1v) is 5.86. The fourth-order valence-electron chi connectivity index (χ4n) is 1.55. The number of rotatable bonds is 4. The molecule has 1 aromatic rings. The van der Waals surface area contributed by atoms with Crippen molar-refractivity contribution in [1.82, 2.24) is 15.1 Å². The Bertz CT molecular complexity index is 359. The maximum absolute atomic E-state index is 12.0. The lowest BCUT2D eigenvalue weighted by Crippen LogP contribution is -2.50. The van der Waals surface area contributed by atoms with E-state index in [1.165, 1.54) is 0 Å². The van der Waals surface area contributed by atoms with Crippen LogP contribution in [0.1, 0.15) is 33.7 Å². The van der Waals surface area contributed by atoms with Crippen LogP contribution in [0, 0.1) is 5.41 Å². The molecule has 18 heavy (non-hydrogen) atoms. The molecule has 0 aromatic carbocycles. The Hall–Kier alpha value is -1.07. The Balaban J connectivity index is 0.00000289. The number of halogens is 1. The van der Waals surface area contributed by atoms with Crippen molar-refractivity contribution in [3.05, 3.63) is 18.5 Å². The smallest absolute Gasteiger partial charge is 0.244 e. The van der Waals surface area contributed by atoms with E-state index in [1.807, 2.05) is 6.92 Å². The molecule has 0 aliphatic carbocycles. The molecule has 0 radical (unpaired) electrons. The second-order valence-electron chi connectivity index (χ2n) is 5.32. The monoisotopic (exact) mass is 274 g/mol. The van der Waals surface area contributed by atoms with Crippen LogP contribution in [0.25, 0.3) is 0 Å². The average molecular weight is 275 g/mol. The molecule has 0 saturated heterocycles. The van der Waals surface area contributed by atoms with Gasteiger partial charge in [-0.05, 0) is 18.4 Å². The van der Waals surface area contributed by atoms with Gasteiger partial charge in [0.15, 0.2) is 0 Å². The van der Waals surface area contributed by atoms with Crippen molar-refractivity contribution in [2.45, 2.75) is 39.8 Å². The minimum atomic E-state index is -0.318. The Labute approximate surface area is 115 Å². The van der Waals surface area contributed by atoms with E-state index in [0.717, 1.165) is 0 Å². The fraction of sp³-hybridized carbons (Fsp3) is 0.667. The molecule has 1 amide bonds. The average Bonchev–Trinajstić information content (AvgIpc) is 2.75. The summed E-state index contributed by atoms with van der Waals surface area (Å²) in [5.41, 5.74) is 5.64. The molecule has 1 heterocycles. The van der Waals surface area contributed by atoms with Gasteiger partial charge in [0.05, 0.1) is 0 Å². The zero-order valence-electron chi connectivity index (χ0n) is 11.4. The van der Waals surface area contributed by atoms with E-state index in [2.05, 4.69) is 31.2 Å². The summed E-state index contributed by atoms with van der Waals surface area (Å²) in [5, 5.41) is 7.03. The van der Waals surface area contributed by atoms with Crippen molar-refractivity contribution in [2.24, 2.45) is 11.1 Å². The van der Waals surface area contributed by atoms with E-state index < -0.39 is 0 Å². The third-order valence-electron chi connectivity index (χ3n) is 2.90. The van der Waals surface area contributed by atoms with Gasteiger partial charge in [-0.1, -0.05) is 20.8 Å². The molecular formula is C12H23ClN4O. The molecule has 0 bridgehead atoms. The van der Waals surface area contributed by atoms with Crippen molar-refractivity contribution in [2.75, 3.05) is 6.54 Å². The fourth-order valence-corrected chi connectivity index (χ4v) is 1.55. The van der Waals surface area contributed by atoms with Gasteiger partial charge in [-0.3, -0.25) is 9.48 Å². The summed E-state index contributed by atoms with van der Waals surface area (Å²) >= 11 is 0. The topological polar surface area (TPSA) is 72.9 Å². The number of aromatic nitrogens is 2. The van der Waals surface area contributed by atoms with E-state index in [0.29, 0.717) is 6.54 Å². The van der Waals surface area contributed by atoms with Crippen LogP contribution in [-0.4, -0.2) is 28.3 Å². The Morgan fingerprint density at radius 2 is 2.11 bits per heavy atom. The standard InChI is InChI=1S/C12H22N4O.ClH/c1-9(16-7-5-6-14-16)11(17)15-10(8-13)12(2,3)4;/h5-7,9-10H,8,13H2,1-4H3,(H,15,17);1H. The molecule has 1 rings (SSSR count). The lowest BCUT2D eigenvalue weighted by atomic mass is 9.86. The molecule has 0 aliphatic rings. The maximum Gasteiger partial charge on any atom is 0.244 e. The molecular weight excluding hydrogens is 252 g/mol. The SMILES string of the molecule is CC(C(=O)NC(CN)C(C)(C)C)n1cccn1.Cl. The number of amides is 1. The first-order chi connectivity index (χ1) is 7.86. The van der Waals surface area contributed by atoms with Crippen LogP contribution in [0.3, 0.4) is 0 Å². The van der Waals surface area contributed by atoms with Gasteiger partial charge in [-0.15, -0.1) is 12.4 Å². The molecule has 2 atom stereocenters. The quantitative estimate of drug-likeness (QED) is 0.871. The minimum absolute atomic E-state index is 0. The van der Waals surface area contributed by atoms with Gasteiger partial charge in [-0.25, -0.2) is 0 Å². The van der Waals surface area contributed by atoms with Gasteiger partial charge < -0.3 is 11.1 Å². The normalized spacial score (nSPS) is 14.5. The van der Waals surface area contributed by atoms with Gasteiger partial charge in [-0.2, -0.15) is 5.10 Å². The van der Waals surface area contributed by atoms with Crippen molar-refractivity contribution < 1.29 is 4.79 Å². The van der Waals surface area contributed by atoms with Gasteiger partial charge in [0.1, 0.15) is 6.04 Å².